The number of hydrogen-bond donors (Lipinski definition) is 3. The van der Waals surface area contributed by atoms with Gasteiger partial charge in [-0.2, -0.15) is 0 Å². The van der Waals surface area contributed by atoms with Gasteiger partial charge in [0.2, 0.25) is 0 Å². The first kappa shape index (κ1) is 17.5. The summed E-state index contributed by atoms with van der Waals surface area (Å²) in [6.45, 7) is 9.15. The highest BCUT2D eigenvalue weighted by Crippen LogP contribution is 2.30. The molecule has 21 heavy (non-hydrogen) atoms. The Hall–Kier alpha value is -1.56. The highest BCUT2D eigenvalue weighted by atomic mass is 32.1. The lowest BCUT2D eigenvalue weighted by atomic mass is 9.74. The van der Waals surface area contributed by atoms with Gasteiger partial charge in [-0.15, -0.1) is 11.3 Å². The van der Waals surface area contributed by atoms with Crippen LogP contribution in [0.2, 0.25) is 0 Å². The van der Waals surface area contributed by atoms with Gasteiger partial charge in [-0.05, 0) is 51.1 Å². The van der Waals surface area contributed by atoms with Crippen LogP contribution in [0.3, 0.4) is 0 Å². The highest BCUT2D eigenvalue weighted by Gasteiger charge is 2.44. The molecule has 0 saturated heterocycles. The second-order valence-corrected chi connectivity index (χ2v) is 7.09. The van der Waals surface area contributed by atoms with E-state index in [0.29, 0.717) is 6.54 Å². The zero-order valence-electron chi connectivity index (χ0n) is 13.2. The third-order valence-electron chi connectivity index (χ3n) is 4.15. The fourth-order valence-electron chi connectivity index (χ4n) is 1.75. The summed E-state index contributed by atoms with van der Waals surface area (Å²) in [5, 5.41) is 16.8. The predicted octanol–water partition coefficient (Wildman–Crippen LogP) is 3.00. The SMILES string of the molecule is CCc1ccsc1CNC(=O)NC(C)(C)C(C)(C)C(=O)O. The maximum atomic E-state index is 12.0. The Balaban J connectivity index is 2.63. The number of thiophene rings is 1. The molecule has 1 aromatic heterocycles. The standard InChI is InChI=1S/C15H24N2O3S/c1-6-10-7-8-21-11(10)9-16-13(20)17-15(4,5)14(2,3)12(18)19/h7-8H,6,9H2,1-5H3,(H,18,19)(H2,16,17,20). The fourth-order valence-corrected chi connectivity index (χ4v) is 2.67. The number of rotatable bonds is 6. The van der Waals surface area contributed by atoms with E-state index in [1.54, 1.807) is 39.0 Å². The van der Waals surface area contributed by atoms with E-state index < -0.39 is 16.9 Å². The third-order valence-corrected chi connectivity index (χ3v) is 5.11. The molecule has 1 rings (SSSR count). The molecule has 0 fully saturated rings. The van der Waals surface area contributed by atoms with E-state index in [2.05, 4.69) is 23.6 Å². The van der Waals surface area contributed by atoms with Gasteiger partial charge >= 0.3 is 12.0 Å². The van der Waals surface area contributed by atoms with Gasteiger partial charge in [0.05, 0.1) is 17.5 Å². The van der Waals surface area contributed by atoms with Gasteiger partial charge in [-0.1, -0.05) is 6.92 Å². The third kappa shape index (κ3) is 3.97. The van der Waals surface area contributed by atoms with Crippen LogP contribution < -0.4 is 10.6 Å². The number of carbonyl (C=O) groups excluding carboxylic acids is 1. The first-order valence-corrected chi connectivity index (χ1v) is 7.84. The van der Waals surface area contributed by atoms with Gasteiger partial charge in [0.1, 0.15) is 0 Å². The Bertz CT molecular complexity index is 521. The van der Waals surface area contributed by atoms with Crippen molar-refractivity contribution >= 4 is 23.3 Å². The number of carbonyl (C=O) groups is 2. The summed E-state index contributed by atoms with van der Waals surface area (Å²) in [7, 11) is 0. The second kappa shape index (κ2) is 6.47. The van der Waals surface area contributed by atoms with Gasteiger partial charge in [0.15, 0.2) is 0 Å². The van der Waals surface area contributed by atoms with Crippen LogP contribution in [0.1, 0.15) is 45.1 Å². The Morgan fingerprint density at radius 1 is 1.29 bits per heavy atom. The fraction of sp³-hybridized carbons (Fsp3) is 0.600. The van der Waals surface area contributed by atoms with Crippen LogP contribution in [0, 0.1) is 5.41 Å². The molecule has 2 amide bonds. The average molecular weight is 312 g/mol. The molecule has 1 aromatic rings. The van der Waals surface area contributed by atoms with Crippen molar-refractivity contribution in [3.63, 3.8) is 0 Å². The molecule has 0 bridgehead atoms. The quantitative estimate of drug-likeness (QED) is 0.755. The lowest BCUT2D eigenvalue weighted by Gasteiger charge is -2.38. The van der Waals surface area contributed by atoms with E-state index in [9.17, 15) is 14.7 Å². The van der Waals surface area contributed by atoms with E-state index in [1.165, 1.54) is 5.56 Å². The van der Waals surface area contributed by atoms with Crippen molar-refractivity contribution in [2.24, 2.45) is 5.41 Å². The lowest BCUT2D eigenvalue weighted by Crippen LogP contribution is -2.58. The van der Waals surface area contributed by atoms with Crippen molar-refractivity contribution in [1.29, 1.82) is 0 Å². The minimum atomic E-state index is -1.07. The number of carboxylic acid groups (broad SMARTS) is 1. The Morgan fingerprint density at radius 3 is 2.43 bits per heavy atom. The molecule has 6 heteroatoms. The van der Waals surface area contributed by atoms with Crippen molar-refractivity contribution < 1.29 is 14.7 Å². The molecule has 5 nitrogen and oxygen atoms in total. The normalized spacial score (nSPS) is 12.0. The molecule has 0 radical (unpaired) electrons. The van der Waals surface area contributed by atoms with Crippen LogP contribution in [0.25, 0.3) is 0 Å². The van der Waals surface area contributed by atoms with Crippen molar-refractivity contribution in [1.82, 2.24) is 10.6 Å². The summed E-state index contributed by atoms with van der Waals surface area (Å²) < 4.78 is 0. The van der Waals surface area contributed by atoms with Crippen molar-refractivity contribution in [2.75, 3.05) is 0 Å². The van der Waals surface area contributed by atoms with Crippen LogP contribution in [0.4, 0.5) is 4.79 Å². The summed E-state index contributed by atoms with van der Waals surface area (Å²) in [6, 6.07) is 1.70. The van der Waals surface area contributed by atoms with Crippen LogP contribution in [0.5, 0.6) is 0 Å². The lowest BCUT2D eigenvalue weighted by molar-refractivity contribution is -0.150. The van der Waals surface area contributed by atoms with Crippen LogP contribution in [0.15, 0.2) is 11.4 Å². The van der Waals surface area contributed by atoms with Crippen LogP contribution in [-0.4, -0.2) is 22.6 Å². The minimum absolute atomic E-state index is 0.357. The number of amides is 2. The Morgan fingerprint density at radius 2 is 1.90 bits per heavy atom. The van der Waals surface area contributed by atoms with Gasteiger partial charge < -0.3 is 15.7 Å². The monoisotopic (exact) mass is 312 g/mol. The minimum Gasteiger partial charge on any atom is -0.481 e. The number of carboxylic acids is 1. The van der Waals surface area contributed by atoms with Crippen molar-refractivity contribution in [2.45, 2.75) is 53.1 Å². The first-order valence-electron chi connectivity index (χ1n) is 6.96. The predicted molar refractivity (Wildman–Crippen MR) is 84.6 cm³/mol. The second-order valence-electron chi connectivity index (χ2n) is 6.09. The first-order chi connectivity index (χ1) is 9.61. The molecule has 0 aromatic carbocycles. The molecule has 0 aliphatic rings. The molecule has 1 heterocycles. The molecule has 0 unspecified atom stereocenters. The molecular weight excluding hydrogens is 288 g/mol. The molecule has 0 spiro atoms. The highest BCUT2D eigenvalue weighted by molar-refractivity contribution is 7.10. The number of aryl methyl sites for hydroxylation is 1. The molecule has 3 N–H and O–H groups in total. The number of nitrogens with one attached hydrogen (secondary N) is 2. The van der Waals surface area contributed by atoms with Crippen LogP contribution in [-0.2, 0) is 17.8 Å². The Kier molecular flexibility index (Phi) is 5.39. The average Bonchev–Trinajstić information content (AvgIpc) is 2.82. The van der Waals surface area contributed by atoms with E-state index in [1.807, 2.05) is 5.38 Å². The van der Waals surface area contributed by atoms with Gasteiger partial charge in [0, 0.05) is 4.88 Å². The summed E-state index contributed by atoms with van der Waals surface area (Å²) >= 11 is 1.61. The van der Waals surface area contributed by atoms with E-state index in [0.717, 1.165) is 11.3 Å². The number of urea groups is 1. The maximum Gasteiger partial charge on any atom is 0.315 e. The summed E-state index contributed by atoms with van der Waals surface area (Å²) in [4.78, 5) is 24.4. The van der Waals surface area contributed by atoms with E-state index in [4.69, 9.17) is 0 Å². The molecule has 0 aliphatic carbocycles. The largest absolute Gasteiger partial charge is 0.481 e. The topological polar surface area (TPSA) is 78.4 Å². The van der Waals surface area contributed by atoms with Crippen molar-refractivity contribution in [3.05, 3.63) is 21.9 Å². The maximum absolute atomic E-state index is 12.0. The van der Waals surface area contributed by atoms with Gasteiger partial charge in [-0.3, -0.25) is 4.79 Å². The number of hydrogen-bond acceptors (Lipinski definition) is 3. The van der Waals surface area contributed by atoms with E-state index >= 15 is 0 Å². The van der Waals surface area contributed by atoms with Crippen molar-refractivity contribution in [3.8, 4) is 0 Å². The molecular formula is C15H24N2O3S. The Labute approximate surface area is 129 Å². The van der Waals surface area contributed by atoms with Gasteiger partial charge in [-0.25, -0.2) is 4.79 Å². The molecule has 0 aliphatic heterocycles. The number of aliphatic carboxylic acids is 1. The molecule has 0 atom stereocenters. The zero-order chi connectivity index (χ0) is 16.3. The smallest absolute Gasteiger partial charge is 0.315 e. The van der Waals surface area contributed by atoms with Crippen LogP contribution >= 0.6 is 11.3 Å². The molecule has 118 valence electrons. The zero-order valence-corrected chi connectivity index (χ0v) is 14.1. The summed E-state index contributed by atoms with van der Waals surface area (Å²) in [6.07, 6.45) is 0.930. The molecule has 0 saturated carbocycles. The summed E-state index contributed by atoms with van der Waals surface area (Å²) in [5.74, 6) is -0.945. The van der Waals surface area contributed by atoms with Gasteiger partial charge in [0.25, 0.3) is 0 Å². The van der Waals surface area contributed by atoms with E-state index in [-0.39, 0.29) is 6.03 Å². The summed E-state index contributed by atoms with van der Waals surface area (Å²) in [5.41, 5.74) is -0.709.